The monoisotopic (exact) mass is 368 g/mol. The molecule has 0 saturated carbocycles. The van der Waals surface area contributed by atoms with Crippen LogP contribution in [0.15, 0.2) is 35.9 Å². The third-order valence-corrected chi connectivity index (χ3v) is 5.23. The Hall–Kier alpha value is -3.14. The third-order valence-electron chi connectivity index (χ3n) is 3.88. The number of benzene rings is 1. The van der Waals surface area contributed by atoms with E-state index < -0.39 is 0 Å². The molecule has 3 heterocycles. The van der Waals surface area contributed by atoms with Crippen molar-refractivity contribution >= 4 is 51.5 Å². The van der Waals surface area contributed by atoms with E-state index in [1.165, 1.54) is 18.1 Å². The molecule has 1 aromatic carbocycles. The lowest BCUT2D eigenvalue weighted by Crippen LogP contribution is -2.24. The SMILES string of the molecule is CC[C@@H](Sc1nc(N)nc2nc[nH]c12)C(=O)Nc1ccc2[nH]cnc2c1. The Kier molecular flexibility index (Phi) is 4.17. The van der Waals surface area contributed by atoms with Crippen molar-refractivity contribution in [1.82, 2.24) is 29.9 Å². The number of nitrogens with one attached hydrogen (secondary N) is 3. The standard InChI is InChI=1S/C16H16N8OS/c1-2-11(26-15-12-13(21-7-20-12)23-16(17)24-15)14(25)22-8-3-4-9-10(5-8)19-6-18-9/h3-7,11H,2H2,1H3,(H,18,19)(H,22,25)(H3,17,20,21,23,24)/t11-/m1/s1. The van der Waals surface area contributed by atoms with Crippen LogP contribution in [0.5, 0.6) is 0 Å². The fourth-order valence-electron chi connectivity index (χ4n) is 2.60. The van der Waals surface area contributed by atoms with Crippen LogP contribution in [-0.2, 0) is 4.79 Å². The molecule has 0 aliphatic rings. The van der Waals surface area contributed by atoms with E-state index in [0.717, 1.165) is 11.0 Å². The predicted molar refractivity (Wildman–Crippen MR) is 101 cm³/mol. The van der Waals surface area contributed by atoms with Crippen molar-refractivity contribution in [2.75, 3.05) is 11.1 Å². The van der Waals surface area contributed by atoms with Gasteiger partial charge in [0.15, 0.2) is 5.65 Å². The number of anilines is 2. The summed E-state index contributed by atoms with van der Waals surface area (Å²) >= 11 is 1.33. The number of nitrogens with zero attached hydrogens (tertiary/aromatic N) is 4. The second kappa shape index (κ2) is 6.64. The zero-order valence-corrected chi connectivity index (χ0v) is 14.7. The molecule has 3 aromatic heterocycles. The van der Waals surface area contributed by atoms with Crippen LogP contribution in [0.4, 0.5) is 11.6 Å². The molecule has 0 radical (unpaired) electrons. The van der Waals surface area contributed by atoms with Crippen LogP contribution in [0, 0.1) is 0 Å². The van der Waals surface area contributed by atoms with Gasteiger partial charge in [0.25, 0.3) is 0 Å². The maximum absolute atomic E-state index is 12.7. The molecule has 1 amide bonds. The van der Waals surface area contributed by atoms with Crippen LogP contribution >= 0.6 is 11.8 Å². The summed E-state index contributed by atoms with van der Waals surface area (Å²) in [6.45, 7) is 1.95. The van der Waals surface area contributed by atoms with Gasteiger partial charge in [-0.3, -0.25) is 4.79 Å². The summed E-state index contributed by atoms with van der Waals surface area (Å²) in [5.74, 6) is 0.0172. The average molecular weight is 368 g/mol. The molecule has 9 nitrogen and oxygen atoms in total. The first kappa shape index (κ1) is 16.3. The van der Waals surface area contributed by atoms with E-state index in [9.17, 15) is 4.79 Å². The Bertz CT molecular complexity index is 1090. The van der Waals surface area contributed by atoms with Gasteiger partial charge in [-0.05, 0) is 24.6 Å². The van der Waals surface area contributed by atoms with Crippen LogP contribution in [-0.4, -0.2) is 41.1 Å². The van der Waals surface area contributed by atoms with E-state index in [-0.39, 0.29) is 17.1 Å². The van der Waals surface area contributed by atoms with E-state index in [2.05, 4.69) is 35.2 Å². The maximum atomic E-state index is 12.7. The topological polar surface area (TPSA) is 138 Å². The second-order valence-electron chi connectivity index (χ2n) is 5.63. The molecule has 0 fully saturated rings. The molecule has 0 spiro atoms. The summed E-state index contributed by atoms with van der Waals surface area (Å²) in [6.07, 6.45) is 3.78. The minimum Gasteiger partial charge on any atom is -0.368 e. The quantitative estimate of drug-likeness (QED) is 0.313. The van der Waals surface area contributed by atoms with Gasteiger partial charge in [-0.1, -0.05) is 18.7 Å². The van der Waals surface area contributed by atoms with Crippen molar-refractivity contribution in [3.05, 3.63) is 30.9 Å². The Labute approximate surface area is 152 Å². The second-order valence-corrected chi connectivity index (χ2v) is 6.82. The summed E-state index contributed by atoms with van der Waals surface area (Å²) in [5.41, 5.74) is 9.32. The normalized spacial score (nSPS) is 12.5. The van der Waals surface area contributed by atoms with Crippen molar-refractivity contribution in [1.29, 1.82) is 0 Å². The Morgan fingerprint density at radius 2 is 2.12 bits per heavy atom. The summed E-state index contributed by atoms with van der Waals surface area (Å²) in [4.78, 5) is 35.4. The lowest BCUT2D eigenvalue weighted by molar-refractivity contribution is -0.115. The number of carbonyl (C=O) groups excluding carboxylic acids is 1. The molecule has 4 rings (SSSR count). The van der Waals surface area contributed by atoms with Gasteiger partial charge in [-0.15, -0.1) is 0 Å². The van der Waals surface area contributed by atoms with Gasteiger partial charge >= 0.3 is 0 Å². The van der Waals surface area contributed by atoms with Crippen LogP contribution in [0.25, 0.3) is 22.2 Å². The molecule has 10 heteroatoms. The Balaban J connectivity index is 1.55. The lowest BCUT2D eigenvalue weighted by Gasteiger charge is -2.14. The highest BCUT2D eigenvalue weighted by Crippen LogP contribution is 2.30. The number of hydrogen-bond acceptors (Lipinski definition) is 7. The Morgan fingerprint density at radius 1 is 1.27 bits per heavy atom. The number of fused-ring (bicyclic) bond motifs is 2. The summed E-state index contributed by atoms with van der Waals surface area (Å²) in [5, 5.41) is 3.20. The summed E-state index contributed by atoms with van der Waals surface area (Å²) < 4.78 is 0. The van der Waals surface area contributed by atoms with Gasteiger partial charge < -0.3 is 21.0 Å². The molecule has 0 unspecified atom stereocenters. The van der Waals surface area contributed by atoms with Crippen LogP contribution < -0.4 is 11.1 Å². The van der Waals surface area contributed by atoms with Crippen LogP contribution in [0.2, 0.25) is 0 Å². The first-order valence-corrected chi connectivity index (χ1v) is 8.89. The van der Waals surface area contributed by atoms with Gasteiger partial charge in [0.2, 0.25) is 11.9 Å². The number of aromatic amines is 2. The van der Waals surface area contributed by atoms with Gasteiger partial charge in [0.05, 0.1) is 28.9 Å². The minimum absolute atomic E-state index is 0.114. The van der Waals surface area contributed by atoms with Crippen molar-refractivity contribution in [2.45, 2.75) is 23.6 Å². The molecule has 4 aromatic rings. The zero-order valence-electron chi connectivity index (χ0n) is 13.9. The average Bonchev–Trinajstić information content (AvgIpc) is 3.27. The number of nitrogen functional groups attached to an aromatic ring is 1. The highest BCUT2D eigenvalue weighted by molar-refractivity contribution is 8.00. The molecule has 5 N–H and O–H groups in total. The van der Waals surface area contributed by atoms with Crippen LogP contribution in [0.3, 0.4) is 0 Å². The third kappa shape index (κ3) is 3.06. The minimum atomic E-state index is -0.342. The van der Waals surface area contributed by atoms with E-state index in [1.54, 1.807) is 6.33 Å². The number of hydrogen-bond donors (Lipinski definition) is 4. The van der Waals surface area contributed by atoms with Crippen molar-refractivity contribution < 1.29 is 4.79 Å². The fraction of sp³-hybridized carbons (Fsp3) is 0.188. The largest absolute Gasteiger partial charge is 0.368 e. The van der Waals surface area contributed by atoms with Crippen LogP contribution in [0.1, 0.15) is 13.3 Å². The number of aromatic nitrogens is 6. The van der Waals surface area contributed by atoms with Gasteiger partial charge in [0.1, 0.15) is 10.5 Å². The van der Waals surface area contributed by atoms with Gasteiger partial charge in [0, 0.05) is 5.69 Å². The molecule has 132 valence electrons. The number of amides is 1. The van der Waals surface area contributed by atoms with Crippen molar-refractivity contribution in [3.8, 4) is 0 Å². The molecular weight excluding hydrogens is 352 g/mol. The zero-order chi connectivity index (χ0) is 18.1. The number of H-pyrrole nitrogens is 2. The molecule has 0 aliphatic heterocycles. The highest BCUT2D eigenvalue weighted by atomic mass is 32.2. The molecular formula is C16H16N8OS. The highest BCUT2D eigenvalue weighted by Gasteiger charge is 2.21. The summed E-state index contributed by atoms with van der Waals surface area (Å²) in [7, 11) is 0. The number of rotatable bonds is 5. The molecule has 26 heavy (non-hydrogen) atoms. The van der Waals surface area contributed by atoms with Crippen molar-refractivity contribution in [3.63, 3.8) is 0 Å². The van der Waals surface area contributed by atoms with E-state index >= 15 is 0 Å². The van der Waals surface area contributed by atoms with Gasteiger partial charge in [-0.2, -0.15) is 4.98 Å². The van der Waals surface area contributed by atoms with E-state index in [0.29, 0.717) is 28.3 Å². The number of imidazole rings is 2. The number of carbonyl (C=O) groups is 1. The molecule has 0 bridgehead atoms. The fourth-order valence-corrected chi connectivity index (χ4v) is 3.61. The smallest absolute Gasteiger partial charge is 0.237 e. The number of thioether (sulfide) groups is 1. The van der Waals surface area contributed by atoms with E-state index in [1.807, 2.05) is 25.1 Å². The summed E-state index contributed by atoms with van der Waals surface area (Å²) in [6, 6.07) is 5.55. The predicted octanol–water partition coefficient (Wildman–Crippen LogP) is 2.32. The molecule has 0 aliphatic carbocycles. The first-order valence-electron chi connectivity index (χ1n) is 8.01. The lowest BCUT2D eigenvalue weighted by atomic mass is 10.2. The van der Waals surface area contributed by atoms with Crippen molar-refractivity contribution in [2.24, 2.45) is 0 Å². The molecule has 1 atom stereocenters. The van der Waals surface area contributed by atoms with Gasteiger partial charge in [-0.25, -0.2) is 15.0 Å². The van der Waals surface area contributed by atoms with E-state index in [4.69, 9.17) is 5.73 Å². The first-order chi connectivity index (χ1) is 12.6. The number of nitrogens with two attached hydrogens (primary N) is 1. The Morgan fingerprint density at radius 3 is 2.96 bits per heavy atom. The molecule has 0 saturated heterocycles. The maximum Gasteiger partial charge on any atom is 0.237 e.